The van der Waals surface area contributed by atoms with Crippen LogP contribution in [0.3, 0.4) is 0 Å². The third kappa shape index (κ3) is 4.51. The third-order valence-corrected chi connectivity index (χ3v) is 4.14. The fraction of sp³-hybridized carbons (Fsp3) is 0.250. The number of carbonyl (C=O) groups excluding carboxylic acids is 1. The Labute approximate surface area is 156 Å². The topological polar surface area (TPSA) is 75.4 Å². The summed E-state index contributed by atoms with van der Waals surface area (Å²) in [6.45, 7) is 1.27. The maximum Gasteiger partial charge on any atom is 0.341 e. The second kappa shape index (κ2) is 8.46. The molecule has 3 aromatic rings. The number of rotatable bonds is 7. The lowest BCUT2D eigenvalue weighted by Crippen LogP contribution is -2.18. The van der Waals surface area contributed by atoms with Gasteiger partial charge in [0.05, 0.1) is 26.8 Å². The average Bonchev–Trinajstić information content (AvgIpc) is 3.07. The Balaban J connectivity index is 1.74. The van der Waals surface area contributed by atoms with Crippen molar-refractivity contribution >= 4 is 5.97 Å². The highest BCUT2D eigenvalue weighted by molar-refractivity contribution is 5.90. The van der Waals surface area contributed by atoms with Crippen LogP contribution in [0.4, 0.5) is 0 Å². The lowest BCUT2D eigenvalue weighted by molar-refractivity contribution is 0.0595. The number of nitrogens with zero attached hydrogens (tertiary/aromatic N) is 3. The zero-order valence-electron chi connectivity index (χ0n) is 15.3. The molecule has 0 bridgehead atoms. The maximum atomic E-state index is 11.9. The minimum absolute atomic E-state index is 0.0286. The van der Waals surface area contributed by atoms with Gasteiger partial charge in [-0.1, -0.05) is 30.3 Å². The lowest BCUT2D eigenvalue weighted by atomic mass is 10.1. The largest absolute Gasteiger partial charge is 0.465 e. The molecule has 0 saturated heterocycles. The van der Waals surface area contributed by atoms with E-state index in [1.165, 1.54) is 7.11 Å². The first kappa shape index (κ1) is 18.6. The molecule has 27 heavy (non-hydrogen) atoms. The Morgan fingerprint density at radius 1 is 1.04 bits per heavy atom. The van der Waals surface area contributed by atoms with Crippen LogP contribution in [-0.4, -0.2) is 34.5 Å². The van der Waals surface area contributed by atoms with Crippen LogP contribution in [0.15, 0.2) is 59.7 Å². The van der Waals surface area contributed by atoms with Crippen LogP contribution in [-0.2, 0) is 29.2 Å². The molecule has 0 spiro atoms. The Bertz CT molecular complexity index is 973. The molecular formula is C20H21N3O4. The molecule has 0 fully saturated rings. The first-order valence-corrected chi connectivity index (χ1v) is 8.47. The van der Waals surface area contributed by atoms with Crippen molar-refractivity contribution in [1.82, 2.24) is 14.3 Å². The second-order valence-corrected chi connectivity index (χ2v) is 6.09. The summed E-state index contributed by atoms with van der Waals surface area (Å²) in [5.41, 5.74) is 2.98. The van der Waals surface area contributed by atoms with Gasteiger partial charge in [-0.2, -0.15) is 5.10 Å². The molecule has 0 aliphatic heterocycles. The van der Waals surface area contributed by atoms with E-state index in [0.29, 0.717) is 24.3 Å². The zero-order chi connectivity index (χ0) is 19.2. The Morgan fingerprint density at radius 3 is 2.37 bits per heavy atom. The second-order valence-electron chi connectivity index (χ2n) is 6.09. The fourth-order valence-corrected chi connectivity index (χ4v) is 2.79. The van der Waals surface area contributed by atoms with Crippen LogP contribution in [0.1, 0.15) is 27.2 Å². The molecular weight excluding hydrogens is 346 g/mol. The number of carbonyl (C=O) groups is 1. The van der Waals surface area contributed by atoms with Crippen LogP contribution in [0, 0.1) is 0 Å². The fourth-order valence-electron chi connectivity index (χ4n) is 2.79. The van der Waals surface area contributed by atoms with Crippen molar-refractivity contribution in [3.63, 3.8) is 0 Å². The van der Waals surface area contributed by atoms with E-state index in [4.69, 9.17) is 9.47 Å². The van der Waals surface area contributed by atoms with E-state index in [9.17, 15) is 9.59 Å². The van der Waals surface area contributed by atoms with Crippen LogP contribution in [0.2, 0.25) is 0 Å². The van der Waals surface area contributed by atoms with Crippen molar-refractivity contribution in [2.45, 2.75) is 19.7 Å². The molecule has 7 nitrogen and oxygen atoms in total. The molecule has 3 rings (SSSR count). The zero-order valence-corrected chi connectivity index (χ0v) is 15.3. The van der Waals surface area contributed by atoms with Crippen molar-refractivity contribution in [1.29, 1.82) is 0 Å². The molecule has 0 N–H and O–H groups in total. The quantitative estimate of drug-likeness (QED) is 0.598. The van der Waals surface area contributed by atoms with Gasteiger partial charge in [-0.25, -0.2) is 4.79 Å². The normalized spacial score (nSPS) is 10.7. The minimum Gasteiger partial charge on any atom is -0.465 e. The molecule has 0 aliphatic rings. The SMILES string of the molecule is COCc1nn(Cc2ccc(Cn3ccccc3=O)cc2)cc1C(=O)OC. The van der Waals surface area contributed by atoms with E-state index in [-0.39, 0.29) is 12.2 Å². The van der Waals surface area contributed by atoms with Gasteiger partial charge in [-0.05, 0) is 17.2 Å². The summed E-state index contributed by atoms with van der Waals surface area (Å²) in [5.74, 6) is -0.433. The first-order valence-electron chi connectivity index (χ1n) is 8.47. The van der Waals surface area contributed by atoms with E-state index in [0.717, 1.165) is 11.1 Å². The van der Waals surface area contributed by atoms with Gasteiger partial charge in [0.2, 0.25) is 0 Å². The highest BCUT2D eigenvalue weighted by Crippen LogP contribution is 2.13. The highest BCUT2D eigenvalue weighted by atomic mass is 16.5. The van der Waals surface area contributed by atoms with Gasteiger partial charge in [0.15, 0.2) is 0 Å². The summed E-state index contributed by atoms with van der Waals surface area (Å²) in [4.78, 5) is 23.7. The van der Waals surface area contributed by atoms with Gasteiger partial charge in [-0.3, -0.25) is 9.48 Å². The van der Waals surface area contributed by atoms with Crippen molar-refractivity contribution in [3.8, 4) is 0 Å². The molecule has 0 unspecified atom stereocenters. The van der Waals surface area contributed by atoms with Gasteiger partial charge in [0, 0.05) is 25.6 Å². The van der Waals surface area contributed by atoms with Crippen molar-refractivity contribution in [2.24, 2.45) is 0 Å². The third-order valence-electron chi connectivity index (χ3n) is 4.14. The molecule has 0 atom stereocenters. The number of esters is 1. The van der Waals surface area contributed by atoms with Crippen LogP contribution in [0.25, 0.3) is 0 Å². The van der Waals surface area contributed by atoms with Gasteiger partial charge < -0.3 is 14.0 Å². The number of pyridine rings is 1. The predicted octanol–water partition coefficient (Wildman–Crippen LogP) is 2.07. The van der Waals surface area contributed by atoms with Crippen LogP contribution < -0.4 is 5.56 Å². The van der Waals surface area contributed by atoms with E-state index in [1.54, 1.807) is 40.9 Å². The van der Waals surface area contributed by atoms with E-state index >= 15 is 0 Å². The molecule has 0 amide bonds. The smallest absolute Gasteiger partial charge is 0.341 e. The molecule has 0 radical (unpaired) electrons. The van der Waals surface area contributed by atoms with Crippen molar-refractivity contribution in [2.75, 3.05) is 14.2 Å². The first-order chi connectivity index (χ1) is 13.1. The summed E-state index contributed by atoms with van der Waals surface area (Å²) in [6.07, 6.45) is 3.43. The van der Waals surface area contributed by atoms with E-state index in [1.807, 2.05) is 30.3 Å². The number of benzene rings is 1. The lowest BCUT2D eigenvalue weighted by Gasteiger charge is -2.07. The number of ether oxygens (including phenoxy) is 2. The summed E-state index contributed by atoms with van der Waals surface area (Å²) < 4.78 is 13.2. The molecule has 2 aromatic heterocycles. The van der Waals surface area contributed by atoms with E-state index in [2.05, 4.69) is 5.10 Å². The van der Waals surface area contributed by atoms with Gasteiger partial charge >= 0.3 is 5.97 Å². The summed E-state index contributed by atoms with van der Waals surface area (Å²) >= 11 is 0. The summed E-state index contributed by atoms with van der Waals surface area (Å²) in [5, 5.41) is 4.41. The predicted molar refractivity (Wildman–Crippen MR) is 99.6 cm³/mol. The Hall–Kier alpha value is -3.19. The summed E-state index contributed by atoms with van der Waals surface area (Å²) in [6, 6.07) is 13.0. The average molecular weight is 367 g/mol. The van der Waals surface area contributed by atoms with Gasteiger partial charge in [0.25, 0.3) is 5.56 Å². The van der Waals surface area contributed by atoms with Crippen molar-refractivity contribution < 1.29 is 14.3 Å². The number of aromatic nitrogens is 3. The molecule has 1 aromatic carbocycles. The van der Waals surface area contributed by atoms with Crippen molar-refractivity contribution in [3.05, 3.63) is 87.6 Å². The maximum absolute atomic E-state index is 11.9. The van der Waals surface area contributed by atoms with Crippen LogP contribution in [0.5, 0.6) is 0 Å². The molecule has 2 heterocycles. The van der Waals surface area contributed by atoms with E-state index < -0.39 is 5.97 Å². The van der Waals surface area contributed by atoms with Gasteiger partial charge in [-0.15, -0.1) is 0 Å². The standard InChI is InChI=1S/C20H21N3O4/c1-26-14-18-17(20(25)27-2)13-23(21-18)12-16-8-6-15(7-9-16)11-22-10-4-3-5-19(22)24/h3-10,13H,11-12,14H2,1-2H3. The van der Waals surface area contributed by atoms with Crippen LogP contribution >= 0.6 is 0 Å². The van der Waals surface area contributed by atoms with Gasteiger partial charge in [0.1, 0.15) is 11.3 Å². The molecule has 0 aliphatic carbocycles. The molecule has 7 heteroatoms. The molecule has 0 saturated carbocycles. The number of methoxy groups -OCH3 is 2. The summed E-state index contributed by atoms with van der Waals surface area (Å²) in [7, 11) is 2.89. The minimum atomic E-state index is -0.433. The highest BCUT2D eigenvalue weighted by Gasteiger charge is 2.16. The Morgan fingerprint density at radius 2 is 1.74 bits per heavy atom. The number of hydrogen-bond donors (Lipinski definition) is 0. The molecule has 140 valence electrons. The number of hydrogen-bond acceptors (Lipinski definition) is 5. The Kier molecular flexibility index (Phi) is 5.83. The monoisotopic (exact) mass is 367 g/mol.